The molecule has 0 unspecified atom stereocenters. The van der Waals surface area contributed by atoms with Gasteiger partial charge in [0, 0.05) is 24.3 Å². The monoisotopic (exact) mass is 361 g/mol. The largest absolute Gasteiger partial charge is 0.465 e. The summed E-state index contributed by atoms with van der Waals surface area (Å²) in [6, 6.07) is 9.38. The number of fused-ring (bicyclic) bond motifs is 1. The summed E-state index contributed by atoms with van der Waals surface area (Å²) in [5, 5.41) is 3.29. The Morgan fingerprint density at radius 2 is 2.12 bits per heavy atom. The van der Waals surface area contributed by atoms with Gasteiger partial charge in [0.05, 0.1) is 18.8 Å². The van der Waals surface area contributed by atoms with Crippen molar-refractivity contribution in [1.82, 2.24) is 5.32 Å². The van der Waals surface area contributed by atoms with Crippen LogP contribution in [0.15, 0.2) is 43.2 Å². The van der Waals surface area contributed by atoms with Gasteiger partial charge < -0.3 is 9.47 Å². The minimum Gasteiger partial charge on any atom is -0.465 e. The zero-order chi connectivity index (χ0) is 18.9. The number of ether oxygens (including phenoxy) is 2. The number of alkyl halides is 1. The number of benzene rings is 1. The summed E-state index contributed by atoms with van der Waals surface area (Å²) in [5.41, 5.74) is -0.263. The van der Waals surface area contributed by atoms with Gasteiger partial charge in [-0.15, -0.1) is 0 Å². The average molecular weight is 361 g/mol. The van der Waals surface area contributed by atoms with Crippen LogP contribution in [0.2, 0.25) is 0 Å². The van der Waals surface area contributed by atoms with Gasteiger partial charge in [0.2, 0.25) is 0 Å². The molecule has 0 aliphatic heterocycles. The smallest absolute Gasteiger partial charge is 0.326 e. The third kappa shape index (κ3) is 3.03. The molecule has 2 fully saturated rings. The van der Waals surface area contributed by atoms with E-state index in [0.717, 1.165) is 11.8 Å². The van der Waals surface area contributed by atoms with Crippen molar-refractivity contribution in [1.29, 1.82) is 0 Å². The summed E-state index contributed by atoms with van der Waals surface area (Å²) in [5.74, 6) is -2.71. The van der Waals surface area contributed by atoms with Crippen LogP contribution in [0.25, 0.3) is 0 Å². The van der Waals surface area contributed by atoms with Crippen LogP contribution in [-0.4, -0.2) is 30.3 Å². The van der Waals surface area contributed by atoms with Crippen molar-refractivity contribution < 1.29 is 23.5 Å². The molecule has 140 valence electrons. The normalized spacial score (nSPS) is 33.0. The fourth-order valence-corrected chi connectivity index (χ4v) is 4.37. The highest BCUT2D eigenvalue weighted by molar-refractivity contribution is 5.87. The molecule has 2 aliphatic carbocycles. The Balaban J connectivity index is 1.89. The van der Waals surface area contributed by atoms with Crippen molar-refractivity contribution in [3.8, 4) is 0 Å². The molecule has 3 rings (SSSR count). The molecule has 2 aliphatic rings. The van der Waals surface area contributed by atoms with Crippen LogP contribution < -0.4 is 5.32 Å². The van der Waals surface area contributed by atoms with Crippen molar-refractivity contribution in [3.05, 3.63) is 48.7 Å². The molecule has 6 atom stereocenters. The van der Waals surface area contributed by atoms with E-state index in [1.54, 1.807) is 6.92 Å². The molecular weight excluding hydrogens is 337 g/mol. The number of nitrogens with one attached hydrogen (secondary N) is 1. The number of esters is 2. The molecule has 0 aromatic heterocycles. The molecule has 1 aromatic rings. The van der Waals surface area contributed by atoms with E-state index in [1.165, 1.54) is 0 Å². The van der Waals surface area contributed by atoms with E-state index >= 15 is 0 Å². The number of carbonyl (C=O) groups is 2. The molecule has 26 heavy (non-hydrogen) atoms. The second-order valence-electron chi connectivity index (χ2n) is 6.92. The van der Waals surface area contributed by atoms with Crippen LogP contribution in [0.4, 0.5) is 4.39 Å². The summed E-state index contributed by atoms with van der Waals surface area (Å²) < 4.78 is 24.8. The minimum absolute atomic E-state index is 0.00376. The van der Waals surface area contributed by atoms with Gasteiger partial charge in [-0.05, 0) is 19.4 Å². The molecular formula is C20H24FNO4. The summed E-state index contributed by atoms with van der Waals surface area (Å²) >= 11 is 0. The molecule has 5 nitrogen and oxygen atoms in total. The van der Waals surface area contributed by atoms with Gasteiger partial charge in [-0.3, -0.25) is 14.9 Å². The van der Waals surface area contributed by atoms with E-state index in [-0.39, 0.29) is 19.1 Å². The zero-order valence-electron chi connectivity index (χ0n) is 15.0. The van der Waals surface area contributed by atoms with E-state index in [0.29, 0.717) is 0 Å². The maximum Gasteiger partial charge on any atom is 0.326 e. The number of hydrogen-bond acceptors (Lipinski definition) is 5. The summed E-state index contributed by atoms with van der Waals surface area (Å²) in [6.07, 6.45) is -0.228. The van der Waals surface area contributed by atoms with E-state index in [2.05, 4.69) is 11.9 Å². The first-order valence-corrected chi connectivity index (χ1v) is 8.91. The van der Waals surface area contributed by atoms with Gasteiger partial charge in [0.1, 0.15) is 11.7 Å². The summed E-state index contributed by atoms with van der Waals surface area (Å²) in [4.78, 5) is 25.0. The van der Waals surface area contributed by atoms with Crippen LogP contribution in [0.5, 0.6) is 0 Å². The standard InChI is InChI=1S/C20H24FNO4/c1-4-25-18(23)16-15-14(21)11-20(17(15)16,19(24)26-5-2)22-12(3)13-9-7-6-8-10-13/h4,6-10,12,14-17,22H,1,5,11H2,2-3H3/t12-,14-,15+,16+,17+,20+/m1/s1. The Morgan fingerprint density at radius 1 is 1.42 bits per heavy atom. The van der Waals surface area contributed by atoms with Gasteiger partial charge in [-0.1, -0.05) is 36.9 Å². The highest BCUT2D eigenvalue weighted by atomic mass is 19.1. The fraction of sp³-hybridized carbons (Fsp3) is 0.500. The zero-order valence-corrected chi connectivity index (χ0v) is 15.0. The lowest BCUT2D eigenvalue weighted by molar-refractivity contribution is -0.154. The Hall–Kier alpha value is -2.21. The molecule has 1 aromatic carbocycles. The maximum absolute atomic E-state index is 14.7. The van der Waals surface area contributed by atoms with Crippen LogP contribution >= 0.6 is 0 Å². The average Bonchev–Trinajstić information content (AvgIpc) is 3.32. The predicted octanol–water partition coefficient (Wildman–Crippen LogP) is 2.93. The van der Waals surface area contributed by atoms with E-state index in [4.69, 9.17) is 9.47 Å². The fourth-order valence-electron chi connectivity index (χ4n) is 4.37. The number of halogens is 1. The first kappa shape index (κ1) is 18.6. The molecule has 0 amide bonds. The first-order valence-electron chi connectivity index (χ1n) is 8.91. The van der Waals surface area contributed by atoms with Gasteiger partial charge in [0.25, 0.3) is 0 Å². The van der Waals surface area contributed by atoms with Crippen LogP contribution in [0.1, 0.15) is 31.9 Å². The molecule has 2 saturated carbocycles. The SMILES string of the molecule is C=COC(=O)[C@H]1[C@H]2[C@@H]1[C@](N[C@H](C)c1ccccc1)(C(=O)OCC)C[C@H]2F. The summed E-state index contributed by atoms with van der Waals surface area (Å²) in [6.45, 7) is 7.18. The molecule has 0 heterocycles. The molecule has 6 heteroatoms. The molecule has 0 radical (unpaired) electrons. The molecule has 0 saturated heterocycles. The second kappa shape index (κ2) is 7.19. The van der Waals surface area contributed by atoms with Gasteiger partial charge in [-0.2, -0.15) is 0 Å². The lowest BCUT2D eigenvalue weighted by Crippen LogP contribution is -2.55. The van der Waals surface area contributed by atoms with Crippen LogP contribution in [0, 0.1) is 17.8 Å². The van der Waals surface area contributed by atoms with Gasteiger partial charge >= 0.3 is 11.9 Å². The van der Waals surface area contributed by atoms with Crippen molar-refractivity contribution >= 4 is 11.9 Å². The van der Waals surface area contributed by atoms with Crippen molar-refractivity contribution in [3.63, 3.8) is 0 Å². The quantitative estimate of drug-likeness (QED) is 0.598. The second-order valence-corrected chi connectivity index (χ2v) is 6.92. The predicted molar refractivity (Wildman–Crippen MR) is 93.6 cm³/mol. The van der Waals surface area contributed by atoms with Gasteiger partial charge in [-0.25, -0.2) is 4.39 Å². The Labute approximate surface area is 152 Å². The lowest BCUT2D eigenvalue weighted by Gasteiger charge is -2.34. The van der Waals surface area contributed by atoms with Crippen LogP contribution in [-0.2, 0) is 19.1 Å². The van der Waals surface area contributed by atoms with Crippen LogP contribution in [0.3, 0.4) is 0 Å². The Kier molecular flexibility index (Phi) is 5.14. The minimum atomic E-state index is -1.26. The van der Waals surface area contributed by atoms with E-state index in [1.807, 2.05) is 37.3 Å². The van der Waals surface area contributed by atoms with E-state index in [9.17, 15) is 14.0 Å². The topological polar surface area (TPSA) is 64.6 Å². The third-order valence-electron chi connectivity index (χ3n) is 5.46. The summed E-state index contributed by atoms with van der Waals surface area (Å²) in [7, 11) is 0. The van der Waals surface area contributed by atoms with Gasteiger partial charge in [0.15, 0.2) is 0 Å². The molecule has 0 bridgehead atoms. The first-order chi connectivity index (χ1) is 12.5. The third-order valence-corrected chi connectivity index (χ3v) is 5.46. The molecule has 0 spiro atoms. The Morgan fingerprint density at radius 3 is 2.73 bits per heavy atom. The lowest BCUT2D eigenvalue weighted by atomic mass is 9.88. The van der Waals surface area contributed by atoms with Crippen molar-refractivity contribution in [2.75, 3.05) is 6.61 Å². The Bertz CT molecular complexity index is 694. The highest BCUT2D eigenvalue weighted by Crippen LogP contribution is 2.64. The number of carbonyl (C=O) groups excluding carboxylic acids is 2. The number of hydrogen-bond donors (Lipinski definition) is 1. The molecule has 1 N–H and O–H groups in total. The number of rotatable bonds is 7. The van der Waals surface area contributed by atoms with E-state index < -0.39 is 41.4 Å². The maximum atomic E-state index is 14.7. The van der Waals surface area contributed by atoms with Crippen molar-refractivity contribution in [2.24, 2.45) is 17.8 Å². The highest BCUT2D eigenvalue weighted by Gasteiger charge is 2.76. The van der Waals surface area contributed by atoms with Crippen molar-refractivity contribution in [2.45, 2.75) is 38.0 Å².